The van der Waals surface area contributed by atoms with Crippen LogP contribution in [0.2, 0.25) is 0 Å². The van der Waals surface area contributed by atoms with Crippen LogP contribution >= 0.6 is 0 Å². The van der Waals surface area contributed by atoms with E-state index in [0.717, 1.165) is 5.56 Å². The predicted molar refractivity (Wildman–Crippen MR) is 100 cm³/mol. The van der Waals surface area contributed by atoms with Crippen LogP contribution in [-0.4, -0.2) is 55.3 Å². The predicted octanol–water partition coefficient (Wildman–Crippen LogP) is 1.76. The van der Waals surface area contributed by atoms with Gasteiger partial charge in [0.25, 0.3) is 5.91 Å². The molecule has 1 saturated heterocycles. The number of carbonyl (C=O) groups is 1. The third kappa shape index (κ3) is 2.99. The first-order valence-corrected chi connectivity index (χ1v) is 9.45. The quantitative estimate of drug-likeness (QED) is 0.691. The molecule has 1 unspecified atom stereocenters. The molecule has 4 heterocycles. The first kappa shape index (κ1) is 17.1. The Hall–Kier alpha value is -3.00. The van der Waals surface area contributed by atoms with E-state index >= 15 is 0 Å². The molecule has 8 nitrogen and oxygen atoms in total. The largest absolute Gasteiger partial charge is 0.380 e. The number of amides is 1. The van der Waals surface area contributed by atoms with E-state index in [1.807, 2.05) is 34.0 Å². The zero-order valence-electron chi connectivity index (χ0n) is 15.7. The van der Waals surface area contributed by atoms with Crippen LogP contribution in [0.5, 0.6) is 0 Å². The van der Waals surface area contributed by atoms with E-state index in [1.54, 1.807) is 17.1 Å². The third-order valence-corrected chi connectivity index (χ3v) is 5.50. The van der Waals surface area contributed by atoms with Gasteiger partial charge in [-0.2, -0.15) is 5.10 Å². The molecular weight excluding hydrogens is 356 g/mol. The minimum Gasteiger partial charge on any atom is -0.380 e. The maximum absolute atomic E-state index is 13.1. The van der Waals surface area contributed by atoms with Crippen molar-refractivity contribution in [3.8, 4) is 0 Å². The maximum Gasteiger partial charge on any atom is 0.276 e. The lowest BCUT2D eigenvalue weighted by atomic mass is 9.89. The Bertz CT molecular complexity index is 992. The number of hydrogen-bond donors (Lipinski definition) is 0. The second-order valence-corrected chi connectivity index (χ2v) is 7.99. The molecule has 28 heavy (non-hydrogen) atoms. The minimum absolute atomic E-state index is 0.00928. The van der Waals surface area contributed by atoms with Crippen molar-refractivity contribution >= 4 is 5.91 Å². The van der Waals surface area contributed by atoms with Crippen molar-refractivity contribution in [2.45, 2.75) is 26.1 Å². The van der Waals surface area contributed by atoms with Crippen molar-refractivity contribution in [2.24, 2.45) is 5.41 Å². The van der Waals surface area contributed by atoms with Gasteiger partial charge in [0.1, 0.15) is 0 Å². The van der Waals surface area contributed by atoms with Gasteiger partial charge in [-0.3, -0.25) is 14.2 Å². The van der Waals surface area contributed by atoms with Crippen LogP contribution in [-0.2, 0) is 17.8 Å². The molecule has 8 heteroatoms. The monoisotopic (exact) mass is 378 g/mol. The number of ether oxygens (including phenoxy) is 1. The lowest BCUT2D eigenvalue weighted by Gasteiger charge is -2.37. The van der Waals surface area contributed by atoms with Gasteiger partial charge in [-0.15, -0.1) is 5.10 Å². The summed E-state index contributed by atoms with van der Waals surface area (Å²) in [6.07, 6.45) is 5.45. The van der Waals surface area contributed by atoms with E-state index in [9.17, 15) is 4.79 Å². The molecule has 2 aromatic heterocycles. The molecule has 5 rings (SSSR count). The van der Waals surface area contributed by atoms with Gasteiger partial charge in [-0.05, 0) is 17.2 Å². The molecule has 0 aliphatic carbocycles. The van der Waals surface area contributed by atoms with E-state index in [1.165, 1.54) is 5.56 Å². The minimum atomic E-state index is -0.104. The SMILES string of the molecule is CC1(Cn2cc(C(=O)N3Cc4ccccc4C(n4cccn4)C3)nn2)COC1. The van der Waals surface area contributed by atoms with Crippen LogP contribution < -0.4 is 0 Å². The Morgan fingerprint density at radius 2 is 2.14 bits per heavy atom. The molecule has 0 spiro atoms. The average Bonchev–Trinajstić information content (AvgIpc) is 3.37. The first-order chi connectivity index (χ1) is 13.6. The molecule has 1 amide bonds. The third-order valence-electron chi connectivity index (χ3n) is 5.50. The van der Waals surface area contributed by atoms with Crippen molar-refractivity contribution < 1.29 is 9.53 Å². The molecular formula is C20H22N6O2. The van der Waals surface area contributed by atoms with E-state index in [4.69, 9.17) is 4.74 Å². The van der Waals surface area contributed by atoms with Crippen molar-refractivity contribution in [1.29, 1.82) is 0 Å². The summed E-state index contributed by atoms with van der Waals surface area (Å²) in [6.45, 7) is 5.39. The summed E-state index contributed by atoms with van der Waals surface area (Å²) in [5, 5.41) is 12.7. The van der Waals surface area contributed by atoms with Crippen LogP contribution in [0.25, 0.3) is 0 Å². The molecule has 0 saturated carbocycles. The van der Waals surface area contributed by atoms with Gasteiger partial charge in [0.2, 0.25) is 0 Å². The van der Waals surface area contributed by atoms with Crippen molar-refractivity contribution in [3.05, 3.63) is 65.7 Å². The summed E-state index contributed by atoms with van der Waals surface area (Å²) in [5.41, 5.74) is 2.79. The van der Waals surface area contributed by atoms with Gasteiger partial charge in [0, 0.05) is 30.9 Å². The lowest BCUT2D eigenvalue weighted by Crippen LogP contribution is -2.43. The number of fused-ring (bicyclic) bond motifs is 1. The van der Waals surface area contributed by atoms with Gasteiger partial charge in [0.05, 0.1) is 32.0 Å². The normalized spacial score (nSPS) is 20.5. The summed E-state index contributed by atoms with van der Waals surface area (Å²) >= 11 is 0. The van der Waals surface area contributed by atoms with Crippen LogP contribution in [0.4, 0.5) is 0 Å². The highest BCUT2D eigenvalue weighted by Crippen LogP contribution is 2.30. The number of carbonyl (C=O) groups excluding carboxylic acids is 1. The first-order valence-electron chi connectivity index (χ1n) is 9.45. The van der Waals surface area contributed by atoms with Gasteiger partial charge < -0.3 is 9.64 Å². The molecule has 1 aromatic carbocycles. The highest BCUT2D eigenvalue weighted by molar-refractivity contribution is 5.92. The maximum atomic E-state index is 13.1. The molecule has 144 valence electrons. The van der Waals surface area contributed by atoms with E-state index < -0.39 is 0 Å². The summed E-state index contributed by atoms with van der Waals surface area (Å²) in [5.74, 6) is -0.104. The second-order valence-electron chi connectivity index (χ2n) is 7.99. The topological polar surface area (TPSA) is 78.1 Å². The standard InChI is InChI=1S/C20H22N6O2/c1-20(13-28-14-20)12-25-10-17(22-23-25)19(27)24-9-15-5-2-3-6-16(15)18(11-24)26-8-4-7-21-26/h2-8,10,18H,9,11-14H2,1H3. The Kier molecular flexibility index (Phi) is 4.01. The van der Waals surface area contributed by atoms with Gasteiger partial charge in [0.15, 0.2) is 5.69 Å². The zero-order valence-corrected chi connectivity index (χ0v) is 15.7. The summed E-state index contributed by atoms with van der Waals surface area (Å²) in [4.78, 5) is 15.0. The van der Waals surface area contributed by atoms with Gasteiger partial charge >= 0.3 is 0 Å². The Labute approximate surface area is 162 Å². The van der Waals surface area contributed by atoms with E-state index in [-0.39, 0.29) is 17.4 Å². The number of rotatable bonds is 4. The molecule has 0 radical (unpaired) electrons. The van der Waals surface area contributed by atoms with Crippen LogP contribution in [0.1, 0.15) is 34.6 Å². The van der Waals surface area contributed by atoms with Crippen molar-refractivity contribution in [3.63, 3.8) is 0 Å². The molecule has 1 fully saturated rings. The fourth-order valence-corrected chi connectivity index (χ4v) is 3.99. The smallest absolute Gasteiger partial charge is 0.276 e. The molecule has 2 aliphatic heterocycles. The highest BCUT2D eigenvalue weighted by Gasteiger charge is 2.35. The fourth-order valence-electron chi connectivity index (χ4n) is 3.99. The molecule has 3 aromatic rings. The molecule has 0 N–H and O–H groups in total. The number of hydrogen-bond acceptors (Lipinski definition) is 5. The Morgan fingerprint density at radius 3 is 2.89 bits per heavy atom. The van der Waals surface area contributed by atoms with Crippen molar-refractivity contribution in [2.75, 3.05) is 19.8 Å². The number of nitrogens with zero attached hydrogens (tertiary/aromatic N) is 6. The van der Waals surface area contributed by atoms with Crippen LogP contribution in [0, 0.1) is 5.41 Å². The highest BCUT2D eigenvalue weighted by atomic mass is 16.5. The second kappa shape index (κ2) is 6.56. The van der Waals surface area contributed by atoms with Crippen LogP contribution in [0.3, 0.4) is 0 Å². The molecule has 0 bridgehead atoms. The number of benzene rings is 1. The Morgan fingerprint density at radius 1 is 1.29 bits per heavy atom. The summed E-state index contributed by atoms with van der Waals surface area (Å²) in [7, 11) is 0. The Balaban J connectivity index is 1.39. The van der Waals surface area contributed by atoms with Gasteiger partial charge in [-0.25, -0.2) is 0 Å². The average molecular weight is 378 g/mol. The van der Waals surface area contributed by atoms with E-state index in [2.05, 4.69) is 34.5 Å². The molecule has 2 aliphatic rings. The molecule has 1 atom stereocenters. The summed E-state index contributed by atoms with van der Waals surface area (Å²) < 4.78 is 8.95. The van der Waals surface area contributed by atoms with Gasteiger partial charge in [-0.1, -0.05) is 36.4 Å². The lowest BCUT2D eigenvalue weighted by molar-refractivity contribution is -0.111. The summed E-state index contributed by atoms with van der Waals surface area (Å²) in [6, 6.07) is 10.1. The number of aromatic nitrogens is 5. The van der Waals surface area contributed by atoms with Crippen LogP contribution in [0.15, 0.2) is 48.9 Å². The fraction of sp³-hybridized carbons (Fsp3) is 0.400. The van der Waals surface area contributed by atoms with Crippen molar-refractivity contribution in [1.82, 2.24) is 29.7 Å². The van der Waals surface area contributed by atoms with E-state index in [0.29, 0.717) is 38.5 Å². The zero-order chi connectivity index (χ0) is 19.1.